The lowest BCUT2D eigenvalue weighted by atomic mass is 9.98. The lowest BCUT2D eigenvalue weighted by Gasteiger charge is -2.17. The van der Waals surface area contributed by atoms with Crippen LogP contribution in [-0.4, -0.2) is 13.7 Å². The van der Waals surface area contributed by atoms with E-state index in [4.69, 9.17) is 4.74 Å². The maximum absolute atomic E-state index is 5.30. The van der Waals surface area contributed by atoms with Crippen molar-refractivity contribution in [3.05, 3.63) is 54.1 Å². The molecule has 1 unspecified atom stereocenters. The van der Waals surface area contributed by atoms with E-state index in [2.05, 4.69) is 55.6 Å². The van der Waals surface area contributed by atoms with Crippen LogP contribution in [0.3, 0.4) is 0 Å². The molecule has 1 N–H and O–H groups in total. The van der Waals surface area contributed by atoms with Crippen LogP contribution in [0.4, 0.5) is 0 Å². The molecule has 0 fully saturated rings. The molecule has 2 aromatic carbocycles. The monoisotopic (exact) mass is 269 g/mol. The molecular formula is C18H23NO. The second-order valence-electron chi connectivity index (χ2n) is 4.88. The Morgan fingerprint density at radius 3 is 2.35 bits per heavy atom. The number of hydrogen-bond donors (Lipinski definition) is 1. The predicted octanol–water partition coefficient (Wildman–Crippen LogP) is 4.42. The van der Waals surface area contributed by atoms with Gasteiger partial charge >= 0.3 is 0 Å². The molecule has 0 radical (unpaired) electrons. The van der Waals surface area contributed by atoms with Crippen molar-refractivity contribution in [2.75, 3.05) is 13.7 Å². The normalized spacial score (nSPS) is 12.2. The van der Waals surface area contributed by atoms with E-state index in [0.29, 0.717) is 6.04 Å². The largest absolute Gasteiger partial charge is 0.497 e. The van der Waals surface area contributed by atoms with Gasteiger partial charge in [-0.05, 0) is 47.9 Å². The first kappa shape index (κ1) is 14.6. The molecule has 2 aromatic rings. The van der Waals surface area contributed by atoms with Crippen LogP contribution in [0.1, 0.15) is 31.9 Å². The van der Waals surface area contributed by atoms with Crippen molar-refractivity contribution in [1.29, 1.82) is 0 Å². The molecule has 106 valence electrons. The molecule has 0 heterocycles. The van der Waals surface area contributed by atoms with Gasteiger partial charge in [0, 0.05) is 6.04 Å². The van der Waals surface area contributed by atoms with Crippen LogP contribution in [-0.2, 0) is 0 Å². The molecule has 0 aromatic heterocycles. The summed E-state index contributed by atoms with van der Waals surface area (Å²) in [5.74, 6) is 0.895. The molecule has 0 aliphatic carbocycles. The summed E-state index contributed by atoms with van der Waals surface area (Å²) in [6.07, 6.45) is 1.09. The minimum Gasteiger partial charge on any atom is -0.497 e. The van der Waals surface area contributed by atoms with Crippen LogP contribution >= 0.6 is 0 Å². The Labute approximate surface area is 121 Å². The van der Waals surface area contributed by atoms with Crippen molar-refractivity contribution < 1.29 is 4.74 Å². The lowest BCUT2D eigenvalue weighted by Crippen LogP contribution is -2.19. The molecule has 2 nitrogen and oxygen atoms in total. The van der Waals surface area contributed by atoms with Crippen molar-refractivity contribution in [3.63, 3.8) is 0 Å². The second kappa shape index (κ2) is 7.11. The minimum atomic E-state index is 0.422. The maximum Gasteiger partial charge on any atom is 0.119 e. The highest BCUT2D eigenvalue weighted by Crippen LogP contribution is 2.27. The van der Waals surface area contributed by atoms with E-state index >= 15 is 0 Å². The fourth-order valence-corrected chi connectivity index (χ4v) is 2.48. The molecule has 0 aliphatic rings. The van der Waals surface area contributed by atoms with E-state index in [0.717, 1.165) is 18.7 Å². The van der Waals surface area contributed by atoms with Gasteiger partial charge in [-0.1, -0.05) is 44.2 Å². The molecule has 0 saturated carbocycles. The van der Waals surface area contributed by atoms with E-state index in [-0.39, 0.29) is 0 Å². The zero-order chi connectivity index (χ0) is 14.4. The van der Waals surface area contributed by atoms with E-state index in [1.807, 2.05) is 12.1 Å². The van der Waals surface area contributed by atoms with Gasteiger partial charge in [-0.2, -0.15) is 0 Å². The lowest BCUT2D eigenvalue weighted by molar-refractivity contribution is 0.415. The third kappa shape index (κ3) is 3.40. The Bertz CT molecular complexity index is 551. The highest BCUT2D eigenvalue weighted by molar-refractivity contribution is 5.66. The molecule has 0 spiro atoms. The summed E-state index contributed by atoms with van der Waals surface area (Å²) in [5, 5.41) is 3.53. The molecule has 0 bridgehead atoms. The highest BCUT2D eigenvalue weighted by Gasteiger charge is 2.08. The summed E-state index contributed by atoms with van der Waals surface area (Å²) >= 11 is 0. The number of rotatable bonds is 6. The van der Waals surface area contributed by atoms with Gasteiger partial charge in [0.25, 0.3) is 0 Å². The number of ether oxygens (including phenoxy) is 1. The maximum atomic E-state index is 5.30. The Kier molecular flexibility index (Phi) is 5.19. The van der Waals surface area contributed by atoms with Gasteiger partial charge in [0.15, 0.2) is 0 Å². The SMILES string of the molecule is CCNC(CC)c1cccc(-c2cccc(OC)c2)c1. The Morgan fingerprint density at radius 2 is 1.70 bits per heavy atom. The first-order valence-corrected chi connectivity index (χ1v) is 7.26. The predicted molar refractivity (Wildman–Crippen MR) is 85.1 cm³/mol. The molecule has 2 heteroatoms. The van der Waals surface area contributed by atoms with Gasteiger partial charge in [-0.15, -0.1) is 0 Å². The topological polar surface area (TPSA) is 21.3 Å². The standard InChI is InChI=1S/C18H23NO/c1-4-18(19-5-2)16-10-6-8-14(12-16)15-9-7-11-17(13-15)20-3/h6-13,18-19H,4-5H2,1-3H3. The quantitative estimate of drug-likeness (QED) is 0.838. The van der Waals surface area contributed by atoms with Crippen LogP contribution in [0.25, 0.3) is 11.1 Å². The minimum absolute atomic E-state index is 0.422. The smallest absolute Gasteiger partial charge is 0.119 e. The molecule has 0 amide bonds. The Hall–Kier alpha value is -1.80. The summed E-state index contributed by atoms with van der Waals surface area (Å²) in [6, 6.07) is 17.4. The Balaban J connectivity index is 2.33. The van der Waals surface area contributed by atoms with Crippen LogP contribution < -0.4 is 10.1 Å². The van der Waals surface area contributed by atoms with Crippen LogP contribution in [0.2, 0.25) is 0 Å². The fourth-order valence-electron chi connectivity index (χ4n) is 2.48. The van der Waals surface area contributed by atoms with E-state index in [1.54, 1.807) is 7.11 Å². The van der Waals surface area contributed by atoms with Crippen molar-refractivity contribution in [1.82, 2.24) is 5.32 Å². The summed E-state index contributed by atoms with van der Waals surface area (Å²) in [5.41, 5.74) is 3.77. The van der Waals surface area contributed by atoms with E-state index < -0.39 is 0 Å². The molecule has 0 saturated heterocycles. The number of nitrogens with one attached hydrogen (secondary N) is 1. The van der Waals surface area contributed by atoms with E-state index in [9.17, 15) is 0 Å². The number of methoxy groups -OCH3 is 1. The van der Waals surface area contributed by atoms with Crippen LogP contribution in [0, 0.1) is 0 Å². The molecule has 2 rings (SSSR count). The van der Waals surface area contributed by atoms with Gasteiger partial charge in [-0.25, -0.2) is 0 Å². The van der Waals surface area contributed by atoms with Gasteiger partial charge in [0.05, 0.1) is 7.11 Å². The first-order valence-electron chi connectivity index (χ1n) is 7.26. The molecular weight excluding hydrogens is 246 g/mol. The fraction of sp³-hybridized carbons (Fsp3) is 0.333. The van der Waals surface area contributed by atoms with Crippen molar-refractivity contribution >= 4 is 0 Å². The first-order chi connectivity index (χ1) is 9.78. The highest BCUT2D eigenvalue weighted by atomic mass is 16.5. The van der Waals surface area contributed by atoms with Crippen LogP contribution in [0.5, 0.6) is 5.75 Å². The van der Waals surface area contributed by atoms with E-state index in [1.165, 1.54) is 16.7 Å². The van der Waals surface area contributed by atoms with Crippen LogP contribution in [0.15, 0.2) is 48.5 Å². The molecule has 1 atom stereocenters. The number of benzene rings is 2. The second-order valence-corrected chi connectivity index (χ2v) is 4.88. The van der Waals surface area contributed by atoms with Crippen molar-refractivity contribution in [2.24, 2.45) is 0 Å². The van der Waals surface area contributed by atoms with Gasteiger partial charge in [0.1, 0.15) is 5.75 Å². The summed E-state index contributed by atoms with van der Waals surface area (Å²) in [4.78, 5) is 0. The Morgan fingerprint density at radius 1 is 1.00 bits per heavy atom. The zero-order valence-corrected chi connectivity index (χ0v) is 12.5. The summed E-state index contributed by atoms with van der Waals surface area (Å²) in [7, 11) is 1.70. The zero-order valence-electron chi connectivity index (χ0n) is 12.5. The van der Waals surface area contributed by atoms with Crippen molar-refractivity contribution in [3.8, 4) is 16.9 Å². The average molecular weight is 269 g/mol. The molecule has 20 heavy (non-hydrogen) atoms. The number of hydrogen-bond acceptors (Lipinski definition) is 2. The van der Waals surface area contributed by atoms with Gasteiger partial charge < -0.3 is 10.1 Å². The third-order valence-electron chi connectivity index (χ3n) is 3.55. The van der Waals surface area contributed by atoms with Gasteiger partial charge in [0.2, 0.25) is 0 Å². The summed E-state index contributed by atoms with van der Waals surface area (Å²) < 4.78 is 5.30. The molecule has 0 aliphatic heterocycles. The average Bonchev–Trinajstić information content (AvgIpc) is 2.52. The van der Waals surface area contributed by atoms with Gasteiger partial charge in [-0.3, -0.25) is 0 Å². The van der Waals surface area contributed by atoms with Crippen molar-refractivity contribution in [2.45, 2.75) is 26.3 Å². The third-order valence-corrected chi connectivity index (χ3v) is 3.55. The summed E-state index contributed by atoms with van der Waals surface area (Å²) in [6.45, 7) is 5.35.